The third kappa shape index (κ3) is 2.71. The summed E-state index contributed by atoms with van der Waals surface area (Å²) >= 11 is 0. The summed E-state index contributed by atoms with van der Waals surface area (Å²) in [5, 5.41) is 12.0. The summed E-state index contributed by atoms with van der Waals surface area (Å²) < 4.78 is 0. The van der Waals surface area contributed by atoms with Gasteiger partial charge in [-0.15, -0.1) is 0 Å². The van der Waals surface area contributed by atoms with Crippen molar-refractivity contribution in [3.63, 3.8) is 0 Å². The van der Waals surface area contributed by atoms with E-state index in [-0.39, 0.29) is 0 Å². The van der Waals surface area contributed by atoms with Crippen molar-refractivity contribution >= 4 is 17.2 Å². The van der Waals surface area contributed by atoms with Crippen LogP contribution in [0.3, 0.4) is 0 Å². The van der Waals surface area contributed by atoms with Crippen molar-refractivity contribution in [2.24, 2.45) is 5.84 Å². The van der Waals surface area contributed by atoms with Gasteiger partial charge >= 0.3 is 0 Å². The molecule has 0 aliphatic rings. The van der Waals surface area contributed by atoms with E-state index in [0.717, 1.165) is 11.4 Å². The molecule has 0 aliphatic heterocycles. The number of hydrogen-bond donors (Lipinski definition) is 3. The van der Waals surface area contributed by atoms with Crippen molar-refractivity contribution < 1.29 is 0 Å². The van der Waals surface area contributed by atoms with E-state index in [1.807, 2.05) is 18.2 Å². The van der Waals surface area contributed by atoms with Gasteiger partial charge in [-0.2, -0.15) is 5.26 Å². The zero-order valence-electron chi connectivity index (χ0n) is 9.01. The molecule has 1 heterocycles. The summed E-state index contributed by atoms with van der Waals surface area (Å²) in [7, 11) is 0. The average molecular weight is 225 g/mol. The molecule has 0 atom stereocenters. The molecular weight excluding hydrogens is 214 g/mol. The summed E-state index contributed by atoms with van der Waals surface area (Å²) in [4.78, 5) is 4.00. The Balaban J connectivity index is 2.22. The molecule has 0 unspecified atom stereocenters. The van der Waals surface area contributed by atoms with Crippen molar-refractivity contribution in [2.45, 2.75) is 0 Å². The minimum atomic E-state index is 0.575. The molecule has 0 saturated carbocycles. The lowest BCUT2D eigenvalue weighted by Gasteiger charge is -2.07. The monoisotopic (exact) mass is 225 g/mol. The second-order valence-corrected chi connectivity index (χ2v) is 3.39. The zero-order chi connectivity index (χ0) is 12.1. The first-order valence-corrected chi connectivity index (χ1v) is 5.01. The third-order valence-electron chi connectivity index (χ3n) is 2.19. The Labute approximate surface area is 98.9 Å². The van der Waals surface area contributed by atoms with E-state index < -0.39 is 0 Å². The Morgan fingerprint density at radius 1 is 1.18 bits per heavy atom. The van der Waals surface area contributed by atoms with Gasteiger partial charge in [-0.05, 0) is 24.3 Å². The molecule has 0 fully saturated rings. The van der Waals surface area contributed by atoms with E-state index in [2.05, 4.69) is 21.8 Å². The third-order valence-corrected chi connectivity index (χ3v) is 2.19. The fraction of sp³-hybridized carbons (Fsp3) is 0. The van der Waals surface area contributed by atoms with Crippen LogP contribution in [0.4, 0.5) is 17.2 Å². The molecule has 0 spiro atoms. The van der Waals surface area contributed by atoms with Crippen molar-refractivity contribution in [3.8, 4) is 6.07 Å². The van der Waals surface area contributed by atoms with Gasteiger partial charge in [0.2, 0.25) is 0 Å². The average Bonchev–Trinajstić information content (AvgIpc) is 2.39. The van der Waals surface area contributed by atoms with Crippen LogP contribution in [0.5, 0.6) is 0 Å². The van der Waals surface area contributed by atoms with Crippen LogP contribution in [-0.4, -0.2) is 4.98 Å². The van der Waals surface area contributed by atoms with E-state index in [0.29, 0.717) is 11.4 Å². The highest BCUT2D eigenvalue weighted by Gasteiger charge is 1.98. The molecule has 0 amide bonds. The lowest BCUT2D eigenvalue weighted by atomic mass is 10.2. The minimum absolute atomic E-state index is 0.575. The number of hydrazine groups is 1. The Bertz CT molecular complexity index is 559. The van der Waals surface area contributed by atoms with Gasteiger partial charge in [0.05, 0.1) is 11.6 Å². The van der Waals surface area contributed by atoms with E-state index >= 15 is 0 Å². The molecule has 5 nitrogen and oxygen atoms in total. The summed E-state index contributed by atoms with van der Waals surface area (Å²) in [6, 6.07) is 12.9. The number of nitrogens with one attached hydrogen (secondary N) is 2. The number of benzene rings is 1. The van der Waals surface area contributed by atoms with Crippen LogP contribution in [-0.2, 0) is 0 Å². The number of pyridine rings is 1. The maximum absolute atomic E-state index is 8.80. The van der Waals surface area contributed by atoms with Gasteiger partial charge in [-0.3, -0.25) is 0 Å². The first kappa shape index (κ1) is 10.9. The summed E-state index contributed by atoms with van der Waals surface area (Å²) in [6.07, 6.45) is 1.64. The topological polar surface area (TPSA) is 86.8 Å². The summed E-state index contributed by atoms with van der Waals surface area (Å²) in [5.41, 5.74) is 4.78. The number of rotatable bonds is 3. The molecule has 4 N–H and O–H groups in total. The van der Waals surface area contributed by atoms with Crippen LogP contribution in [0.15, 0.2) is 42.6 Å². The molecule has 1 aromatic heterocycles. The number of nitrogens with zero attached hydrogens (tertiary/aromatic N) is 2. The SMILES string of the molecule is N#Cc1cccc(Nc2ccnc(NN)c2)c1. The number of hydrogen-bond acceptors (Lipinski definition) is 5. The van der Waals surface area contributed by atoms with E-state index in [1.54, 1.807) is 24.4 Å². The van der Waals surface area contributed by atoms with Crippen LogP contribution in [0.2, 0.25) is 0 Å². The maximum Gasteiger partial charge on any atom is 0.141 e. The van der Waals surface area contributed by atoms with Gasteiger partial charge in [-0.1, -0.05) is 6.07 Å². The van der Waals surface area contributed by atoms with Crippen LogP contribution in [0, 0.1) is 11.3 Å². The van der Waals surface area contributed by atoms with E-state index in [9.17, 15) is 0 Å². The molecule has 2 aromatic rings. The Kier molecular flexibility index (Phi) is 3.19. The van der Waals surface area contributed by atoms with Gasteiger partial charge in [0.25, 0.3) is 0 Å². The number of aromatic nitrogens is 1. The molecule has 84 valence electrons. The molecular formula is C12H11N5. The zero-order valence-corrected chi connectivity index (χ0v) is 9.01. The van der Waals surface area contributed by atoms with E-state index in [1.165, 1.54) is 0 Å². The molecule has 5 heteroatoms. The van der Waals surface area contributed by atoms with Crippen LogP contribution >= 0.6 is 0 Å². The molecule has 0 bridgehead atoms. The Hall–Kier alpha value is -2.58. The number of anilines is 3. The predicted octanol–water partition coefficient (Wildman–Crippen LogP) is 1.98. The highest BCUT2D eigenvalue weighted by atomic mass is 15.2. The van der Waals surface area contributed by atoms with Gasteiger partial charge in [0, 0.05) is 23.6 Å². The van der Waals surface area contributed by atoms with Crippen molar-refractivity contribution in [1.29, 1.82) is 5.26 Å². The number of nitrogens with two attached hydrogens (primary N) is 1. The summed E-state index contributed by atoms with van der Waals surface area (Å²) in [6.45, 7) is 0. The second-order valence-electron chi connectivity index (χ2n) is 3.39. The van der Waals surface area contributed by atoms with Crippen molar-refractivity contribution in [3.05, 3.63) is 48.2 Å². The van der Waals surface area contributed by atoms with Gasteiger partial charge in [0.1, 0.15) is 5.82 Å². The Morgan fingerprint density at radius 2 is 2.00 bits per heavy atom. The smallest absolute Gasteiger partial charge is 0.141 e. The second kappa shape index (κ2) is 4.96. The molecule has 0 radical (unpaired) electrons. The van der Waals surface area contributed by atoms with Crippen LogP contribution in [0.1, 0.15) is 5.56 Å². The molecule has 0 saturated heterocycles. The van der Waals surface area contributed by atoms with Gasteiger partial charge in [-0.25, -0.2) is 10.8 Å². The number of nitrogen functional groups attached to an aromatic ring is 1. The lowest BCUT2D eigenvalue weighted by molar-refractivity contribution is 1.23. The molecule has 0 aliphatic carbocycles. The predicted molar refractivity (Wildman–Crippen MR) is 66.5 cm³/mol. The number of nitriles is 1. The van der Waals surface area contributed by atoms with E-state index in [4.69, 9.17) is 11.1 Å². The first-order chi connectivity index (χ1) is 8.31. The standard InChI is InChI=1S/C12H11N5/c13-8-9-2-1-3-10(6-9)16-11-4-5-15-12(7-11)17-14/h1-7H,14H2,(H2,15,16,17). The summed E-state index contributed by atoms with van der Waals surface area (Å²) in [5.74, 6) is 5.85. The Morgan fingerprint density at radius 3 is 2.76 bits per heavy atom. The van der Waals surface area contributed by atoms with Crippen molar-refractivity contribution in [1.82, 2.24) is 4.98 Å². The quantitative estimate of drug-likeness (QED) is 0.549. The van der Waals surface area contributed by atoms with Gasteiger partial charge < -0.3 is 10.7 Å². The van der Waals surface area contributed by atoms with Crippen molar-refractivity contribution in [2.75, 3.05) is 10.7 Å². The normalized spacial score (nSPS) is 9.41. The lowest BCUT2D eigenvalue weighted by Crippen LogP contribution is -2.08. The largest absolute Gasteiger partial charge is 0.355 e. The first-order valence-electron chi connectivity index (χ1n) is 5.01. The maximum atomic E-state index is 8.80. The van der Waals surface area contributed by atoms with Gasteiger partial charge in [0.15, 0.2) is 0 Å². The fourth-order valence-electron chi connectivity index (χ4n) is 1.42. The minimum Gasteiger partial charge on any atom is -0.355 e. The van der Waals surface area contributed by atoms with Crippen LogP contribution < -0.4 is 16.6 Å². The molecule has 1 aromatic carbocycles. The van der Waals surface area contributed by atoms with Crippen LogP contribution in [0.25, 0.3) is 0 Å². The highest BCUT2D eigenvalue weighted by molar-refractivity contribution is 5.63. The molecule has 2 rings (SSSR count). The molecule has 17 heavy (non-hydrogen) atoms. The highest BCUT2D eigenvalue weighted by Crippen LogP contribution is 2.18. The fourth-order valence-corrected chi connectivity index (χ4v) is 1.42.